The molecule has 2 N–H and O–H groups in total. The number of methoxy groups -OCH3 is 1. The fraction of sp³-hybridized carbons (Fsp3) is 0.276. The molecule has 3 amide bonds. The fourth-order valence-electron chi connectivity index (χ4n) is 4.25. The highest BCUT2D eigenvalue weighted by molar-refractivity contribution is 5.92. The minimum Gasteiger partial charge on any atom is -0.480 e. The Bertz CT molecular complexity index is 1460. The molecule has 10 nitrogen and oxygen atoms in total. The Labute approximate surface area is 231 Å². The lowest BCUT2D eigenvalue weighted by Gasteiger charge is -2.15. The zero-order valence-electron chi connectivity index (χ0n) is 22.7. The first-order valence-corrected chi connectivity index (χ1v) is 12.6. The van der Waals surface area contributed by atoms with Crippen molar-refractivity contribution < 1.29 is 28.2 Å². The summed E-state index contributed by atoms with van der Waals surface area (Å²) in [7, 11) is 1.51. The molecule has 1 atom stereocenters. The lowest BCUT2D eigenvalue weighted by Crippen LogP contribution is -2.33. The van der Waals surface area contributed by atoms with Gasteiger partial charge in [-0.1, -0.05) is 24.3 Å². The van der Waals surface area contributed by atoms with Gasteiger partial charge in [0.05, 0.1) is 37.1 Å². The van der Waals surface area contributed by atoms with Crippen LogP contribution in [0.3, 0.4) is 0 Å². The molecule has 208 valence electrons. The van der Waals surface area contributed by atoms with E-state index in [-0.39, 0.29) is 31.4 Å². The van der Waals surface area contributed by atoms with Crippen LogP contribution in [-0.2, 0) is 20.9 Å². The van der Waals surface area contributed by atoms with Gasteiger partial charge in [0.1, 0.15) is 17.7 Å². The lowest BCUT2D eigenvalue weighted by molar-refractivity contribution is -0.119. The van der Waals surface area contributed by atoms with Gasteiger partial charge in [0.15, 0.2) is 0 Å². The molecule has 40 heavy (non-hydrogen) atoms. The molecule has 2 aromatic carbocycles. The van der Waals surface area contributed by atoms with Crippen molar-refractivity contribution in [2.45, 2.75) is 33.4 Å². The number of benzene rings is 2. The maximum Gasteiger partial charge on any atom is 0.414 e. The Hall–Kier alpha value is -4.80. The average molecular weight is 548 g/mol. The molecule has 0 bridgehead atoms. The number of rotatable bonds is 9. The van der Waals surface area contributed by atoms with E-state index in [1.165, 1.54) is 31.1 Å². The normalized spacial score (nSPS) is 14.8. The topological polar surface area (TPSA) is 123 Å². The van der Waals surface area contributed by atoms with E-state index in [1.807, 2.05) is 6.92 Å². The van der Waals surface area contributed by atoms with Gasteiger partial charge in [-0.2, -0.15) is 4.98 Å². The van der Waals surface area contributed by atoms with Crippen molar-refractivity contribution in [3.05, 3.63) is 77.0 Å². The second-order valence-corrected chi connectivity index (χ2v) is 9.24. The minimum atomic E-state index is -0.592. The third kappa shape index (κ3) is 6.79. The van der Waals surface area contributed by atoms with E-state index in [4.69, 9.17) is 9.47 Å². The van der Waals surface area contributed by atoms with Crippen LogP contribution in [0.4, 0.5) is 14.9 Å². The Morgan fingerprint density at radius 1 is 1.15 bits per heavy atom. The van der Waals surface area contributed by atoms with Crippen molar-refractivity contribution in [3.63, 3.8) is 0 Å². The Morgan fingerprint density at radius 3 is 2.58 bits per heavy atom. The zero-order valence-corrected chi connectivity index (χ0v) is 22.7. The maximum atomic E-state index is 15.0. The number of aromatic nitrogens is 2. The number of aryl methyl sites for hydroxylation is 2. The highest BCUT2D eigenvalue weighted by atomic mass is 19.1. The van der Waals surface area contributed by atoms with E-state index in [9.17, 15) is 14.4 Å². The average Bonchev–Trinajstić information content (AvgIpc) is 3.30. The number of hydrogen-bond acceptors (Lipinski definition) is 7. The van der Waals surface area contributed by atoms with Crippen LogP contribution in [0.15, 0.2) is 48.5 Å². The number of carbonyl (C=O) groups excluding carboxylic acids is 3. The summed E-state index contributed by atoms with van der Waals surface area (Å²) in [5.41, 5.74) is 3.56. The monoisotopic (exact) mass is 547 g/mol. The molecule has 1 aromatic heterocycles. The first kappa shape index (κ1) is 28.2. The van der Waals surface area contributed by atoms with Crippen LogP contribution in [0.2, 0.25) is 0 Å². The van der Waals surface area contributed by atoms with Gasteiger partial charge in [0.2, 0.25) is 17.7 Å². The van der Waals surface area contributed by atoms with Gasteiger partial charge >= 0.3 is 6.09 Å². The predicted molar refractivity (Wildman–Crippen MR) is 147 cm³/mol. The summed E-state index contributed by atoms with van der Waals surface area (Å²) in [5, 5.41) is 5.43. The second-order valence-electron chi connectivity index (χ2n) is 9.24. The number of halogens is 1. The van der Waals surface area contributed by atoms with E-state index in [0.29, 0.717) is 39.8 Å². The standard InChI is InChI=1S/C29H30FN5O5/c1-17-24(28(39-4)34-18(2)33-17)11-12-27(37)32-14-20-5-7-21(8-6-20)25-10-9-22(13-26(25)30)35-16-23(40-29(35)38)15-31-19(3)36/h5-13,23H,14-16H2,1-4H3,(H,31,36)(H,32,37)/b12-11+/t23-/m0/s1. The molecule has 0 spiro atoms. The molecule has 4 rings (SSSR count). The molecule has 11 heteroatoms. The largest absolute Gasteiger partial charge is 0.480 e. The number of hydrogen-bond donors (Lipinski definition) is 2. The molecule has 0 saturated carbocycles. The van der Waals surface area contributed by atoms with Gasteiger partial charge in [0, 0.05) is 25.1 Å². The molecule has 3 aromatic rings. The van der Waals surface area contributed by atoms with Crippen LogP contribution in [0, 0.1) is 19.7 Å². The molecular weight excluding hydrogens is 517 g/mol. The van der Waals surface area contributed by atoms with E-state index < -0.39 is 18.0 Å². The van der Waals surface area contributed by atoms with Crippen molar-refractivity contribution in [1.29, 1.82) is 0 Å². The molecule has 0 unspecified atom stereocenters. The maximum absolute atomic E-state index is 15.0. The molecule has 1 fully saturated rings. The van der Waals surface area contributed by atoms with Gasteiger partial charge in [0.25, 0.3) is 0 Å². The van der Waals surface area contributed by atoms with Crippen LogP contribution >= 0.6 is 0 Å². The number of cyclic esters (lactones) is 1. The lowest BCUT2D eigenvalue weighted by atomic mass is 10.0. The second kappa shape index (κ2) is 12.4. The summed E-state index contributed by atoms with van der Waals surface area (Å²) in [6.45, 7) is 5.65. The number of amides is 3. The van der Waals surface area contributed by atoms with Crippen molar-refractivity contribution in [3.8, 4) is 17.0 Å². The summed E-state index contributed by atoms with van der Waals surface area (Å²) in [4.78, 5) is 45.6. The van der Waals surface area contributed by atoms with E-state index in [2.05, 4.69) is 20.6 Å². The molecule has 1 saturated heterocycles. The zero-order chi connectivity index (χ0) is 28.8. The smallest absolute Gasteiger partial charge is 0.414 e. The predicted octanol–water partition coefficient (Wildman–Crippen LogP) is 3.70. The van der Waals surface area contributed by atoms with E-state index in [0.717, 1.165) is 5.56 Å². The molecule has 0 aliphatic carbocycles. The van der Waals surface area contributed by atoms with E-state index >= 15 is 4.39 Å². The summed E-state index contributed by atoms with van der Waals surface area (Å²) < 4.78 is 25.6. The summed E-state index contributed by atoms with van der Waals surface area (Å²) in [5.74, 6) is -0.0312. The van der Waals surface area contributed by atoms with Crippen molar-refractivity contribution in [2.75, 3.05) is 25.1 Å². The van der Waals surface area contributed by atoms with Gasteiger partial charge in [-0.3, -0.25) is 14.5 Å². The van der Waals surface area contributed by atoms with Gasteiger partial charge in [-0.05, 0) is 49.2 Å². The van der Waals surface area contributed by atoms with Crippen LogP contribution in [-0.4, -0.2) is 54.2 Å². The number of anilines is 1. The molecule has 2 heterocycles. The van der Waals surface area contributed by atoms with Gasteiger partial charge < -0.3 is 20.1 Å². The van der Waals surface area contributed by atoms with E-state index in [1.54, 1.807) is 49.4 Å². The highest BCUT2D eigenvalue weighted by Crippen LogP contribution is 2.29. The fourth-order valence-corrected chi connectivity index (χ4v) is 4.25. The Kier molecular flexibility index (Phi) is 8.73. The number of carbonyl (C=O) groups is 3. The third-order valence-corrected chi connectivity index (χ3v) is 6.26. The third-order valence-electron chi connectivity index (χ3n) is 6.26. The Morgan fingerprint density at radius 2 is 1.90 bits per heavy atom. The van der Waals surface area contributed by atoms with Crippen LogP contribution in [0.1, 0.15) is 29.6 Å². The molecule has 1 aliphatic heterocycles. The van der Waals surface area contributed by atoms with Crippen LogP contribution in [0.25, 0.3) is 17.2 Å². The van der Waals surface area contributed by atoms with Gasteiger partial charge in [-0.15, -0.1) is 0 Å². The van der Waals surface area contributed by atoms with Crippen molar-refractivity contribution >= 4 is 29.7 Å². The summed E-state index contributed by atoms with van der Waals surface area (Å²) in [6, 6.07) is 11.7. The minimum absolute atomic E-state index is 0.192. The summed E-state index contributed by atoms with van der Waals surface area (Å²) >= 11 is 0. The number of nitrogens with one attached hydrogen (secondary N) is 2. The van der Waals surface area contributed by atoms with Crippen molar-refractivity contribution in [2.24, 2.45) is 0 Å². The number of nitrogens with zero attached hydrogens (tertiary/aromatic N) is 3. The van der Waals surface area contributed by atoms with Gasteiger partial charge in [-0.25, -0.2) is 14.2 Å². The number of ether oxygens (including phenoxy) is 2. The van der Waals surface area contributed by atoms with Crippen molar-refractivity contribution in [1.82, 2.24) is 20.6 Å². The van der Waals surface area contributed by atoms with Crippen LogP contribution in [0.5, 0.6) is 5.88 Å². The molecular formula is C29H30FN5O5. The quantitative estimate of drug-likeness (QED) is 0.392. The SMILES string of the molecule is COc1nc(C)nc(C)c1/C=C/C(=O)NCc1ccc(-c2ccc(N3C[C@H](CNC(C)=O)OC3=O)cc2F)cc1. The van der Waals surface area contributed by atoms with Crippen LogP contribution < -0.4 is 20.3 Å². The Balaban J connectivity index is 1.36. The summed E-state index contributed by atoms with van der Waals surface area (Å²) in [6.07, 6.45) is 1.91. The molecule has 1 aliphatic rings. The first-order chi connectivity index (χ1) is 19.1. The molecule has 0 radical (unpaired) electrons. The first-order valence-electron chi connectivity index (χ1n) is 12.6. The highest BCUT2D eigenvalue weighted by Gasteiger charge is 2.32.